The zero-order valence-electron chi connectivity index (χ0n) is 9.64. The van der Waals surface area contributed by atoms with Crippen LogP contribution in [0.1, 0.15) is 10.5 Å². The molecule has 2 N–H and O–H groups in total. The van der Waals surface area contributed by atoms with Crippen molar-refractivity contribution in [3.8, 4) is 0 Å². The van der Waals surface area contributed by atoms with Crippen molar-refractivity contribution in [2.75, 3.05) is 17.7 Å². The summed E-state index contributed by atoms with van der Waals surface area (Å²) in [5.41, 5.74) is 0.235. The van der Waals surface area contributed by atoms with Gasteiger partial charge in [0.2, 0.25) is 0 Å². The van der Waals surface area contributed by atoms with E-state index in [1.807, 2.05) is 0 Å². The summed E-state index contributed by atoms with van der Waals surface area (Å²) in [7, 11) is 1.70. The van der Waals surface area contributed by atoms with Crippen LogP contribution in [0.5, 0.6) is 0 Å². The maximum atomic E-state index is 13.3. The molecule has 2 rings (SSSR count). The number of benzene rings is 1. The molecule has 0 saturated carbocycles. The van der Waals surface area contributed by atoms with Gasteiger partial charge in [-0.1, -0.05) is 12.1 Å². The Morgan fingerprint density at radius 2 is 2.00 bits per heavy atom. The summed E-state index contributed by atoms with van der Waals surface area (Å²) < 4.78 is 13.3. The minimum Gasteiger partial charge on any atom is -0.372 e. The zero-order valence-corrected chi connectivity index (χ0v) is 9.64. The lowest BCUT2D eigenvalue weighted by atomic mass is 10.3. The van der Waals surface area contributed by atoms with Crippen LogP contribution in [0.25, 0.3) is 0 Å². The number of carbonyl (C=O) groups is 1. The SMILES string of the molecule is CNc1cnc(C(=O)Nc2ccccc2F)cn1. The largest absolute Gasteiger partial charge is 0.372 e. The Hall–Kier alpha value is -2.50. The third kappa shape index (κ3) is 2.60. The van der Waals surface area contributed by atoms with E-state index in [1.165, 1.54) is 24.5 Å². The lowest BCUT2D eigenvalue weighted by Crippen LogP contribution is -2.15. The molecular formula is C12H11FN4O. The van der Waals surface area contributed by atoms with Gasteiger partial charge in [0.15, 0.2) is 0 Å². The Kier molecular flexibility index (Phi) is 3.47. The molecule has 6 heteroatoms. The first-order valence-corrected chi connectivity index (χ1v) is 5.26. The van der Waals surface area contributed by atoms with Crippen LogP contribution in [0, 0.1) is 5.82 Å². The first-order valence-electron chi connectivity index (χ1n) is 5.26. The van der Waals surface area contributed by atoms with Crippen molar-refractivity contribution in [3.63, 3.8) is 0 Å². The van der Waals surface area contributed by atoms with Gasteiger partial charge in [-0.15, -0.1) is 0 Å². The molecule has 0 aliphatic carbocycles. The first-order chi connectivity index (χ1) is 8.70. The number of nitrogens with one attached hydrogen (secondary N) is 2. The molecule has 0 atom stereocenters. The second-order valence-electron chi connectivity index (χ2n) is 3.47. The number of rotatable bonds is 3. The van der Waals surface area contributed by atoms with Crippen LogP contribution in [0.15, 0.2) is 36.7 Å². The third-order valence-electron chi connectivity index (χ3n) is 2.26. The van der Waals surface area contributed by atoms with Gasteiger partial charge in [-0.3, -0.25) is 4.79 Å². The van der Waals surface area contributed by atoms with Gasteiger partial charge in [0, 0.05) is 7.05 Å². The zero-order chi connectivity index (χ0) is 13.0. The van der Waals surface area contributed by atoms with E-state index in [4.69, 9.17) is 0 Å². The second kappa shape index (κ2) is 5.22. The van der Waals surface area contributed by atoms with E-state index < -0.39 is 11.7 Å². The second-order valence-corrected chi connectivity index (χ2v) is 3.47. The predicted molar refractivity (Wildman–Crippen MR) is 65.9 cm³/mol. The Balaban J connectivity index is 2.14. The highest BCUT2D eigenvalue weighted by atomic mass is 19.1. The average Bonchev–Trinajstić information content (AvgIpc) is 2.41. The molecule has 1 amide bonds. The number of para-hydroxylation sites is 1. The molecule has 1 aromatic carbocycles. The Morgan fingerprint density at radius 3 is 2.61 bits per heavy atom. The highest BCUT2D eigenvalue weighted by molar-refractivity contribution is 6.02. The Morgan fingerprint density at radius 1 is 1.22 bits per heavy atom. The summed E-state index contributed by atoms with van der Waals surface area (Å²) in [6, 6.07) is 5.93. The summed E-state index contributed by atoms with van der Waals surface area (Å²) in [4.78, 5) is 19.6. The number of nitrogens with zero attached hydrogens (tertiary/aromatic N) is 2. The van der Waals surface area contributed by atoms with Gasteiger partial charge in [-0.25, -0.2) is 14.4 Å². The number of carbonyl (C=O) groups excluding carboxylic acids is 1. The number of hydrogen-bond donors (Lipinski definition) is 2. The average molecular weight is 246 g/mol. The Bertz CT molecular complexity index is 556. The molecule has 0 saturated heterocycles. The summed E-state index contributed by atoms with van der Waals surface area (Å²) in [6.45, 7) is 0. The van der Waals surface area contributed by atoms with Gasteiger partial charge in [-0.05, 0) is 12.1 Å². The van der Waals surface area contributed by atoms with Gasteiger partial charge in [-0.2, -0.15) is 0 Å². The Labute approximate surface area is 103 Å². The fourth-order valence-corrected chi connectivity index (χ4v) is 1.32. The summed E-state index contributed by atoms with van der Waals surface area (Å²) in [5.74, 6) is -0.446. The van der Waals surface area contributed by atoms with Gasteiger partial charge < -0.3 is 10.6 Å². The van der Waals surface area contributed by atoms with E-state index in [0.29, 0.717) is 5.82 Å². The summed E-state index contributed by atoms with van der Waals surface area (Å²) in [5, 5.41) is 5.21. The normalized spacial score (nSPS) is 9.89. The van der Waals surface area contributed by atoms with Crippen LogP contribution in [-0.4, -0.2) is 22.9 Å². The van der Waals surface area contributed by atoms with Gasteiger partial charge in [0.1, 0.15) is 17.3 Å². The van der Waals surface area contributed by atoms with Crippen molar-refractivity contribution in [2.24, 2.45) is 0 Å². The topological polar surface area (TPSA) is 66.9 Å². The third-order valence-corrected chi connectivity index (χ3v) is 2.26. The van der Waals surface area contributed by atoms with Crippen LogP contribution < -0.4 is 10.6 Å². The van der Waals surface area contributed by atoms with Crippen LogP contribution in [0.4, 0.5) is 15.9 Å². The first kappa shape index (κ1) is 12.0. The molecule has 0 radical (unpaired) electrons. The van der Waals surface area contributed by atoms with E-state index >= 15 is 0 Å². The molecule has 92 valence electrons. The molecule has 0 aliphatic rings. The van der Waals surface area contributed by atoms with Crippen molar-refractivity contribution >= 4 is 17.4 Å². The van der Waals surface area contributed by atoms with E-state index in [2.05, 4.69) is 20.6 Å². The smallest absolute Gasteiger partial charge is 0.275 e. The number of anilines is 2. The fraction of sp³-hybridized carbons (Fsp3) is 0.0833. The maximum absolute atomic E-state index is 13.3. The highest BCUT2D eigenvalue weighted by Crippen LogP contribution is 2.13. The van der Waals surface area contributed by atoms with E-state index in [-0.39, 0.29) is 11.4 Å². The molecule has 0 unspecified atom stereocenters. The van der Waals surface area contributed by atoms with Crippen LogP contribution in [0.2, 0.25) is 0 Å². The summed E-state index contributed by atoms with van der Waals surface area (Å²) in [6.07, 6.45) is 2.75. The minimum absolute atomic E-state index is 0.113. The van der Waals surface area contributed by atoms with Crippen molar-refractivity contribution in [3.05, 3.63) is 48.2 Å². The standard InChI is InChI=1S/C12H11FN4O/c1-14-11-7-15-10(6-16-11)12(18)17-9-5-3-2-4-8(9)13/h2-7H,1H3,(H,14,16)(H,17,18). The molecule has 1 aromatic heterocycles. The lowest BCUT2D eigenvalue weighted by molar-refractivity contribution is 0.102. The number of amides is 1. The van der Waals surface area contributed by atoms with Gasteiger partial charge in [0.05, 0.1) is 18.1 Å². The molecule has 5 nitrogen and oxygen atoms in total. The fourth-order valence-electron chi connectivity index (χ4n) is 1.32. The maximum Gasteiger partial charge on any atom is 0.275 e. The number of hydrogen-bond acceptors (Lipinski definition) is 4. The van der Waals surface area contributed by atoms with Crippen molar-refractivity contribution in [1.29, 1.82) is 0 Å². The van der Waals surface area contributed by atoms with E-state index in [9.17, 15) is 9.18 Å². The number of aromatic nitrogens is 2. The number of halogens is 1. The van der Waals surface area contributed by atoms with Crippen LogP contribution in [-0.2, 0) is 0 Å². The van der Waals surface area contributed by atoms with Gasteiger partial charge in [0.25, 0.3) is 5.91 Å². The molecule has 1 heterocycles. The van der Waals surface area contributed by atoms with Crippen LogP contribution in [0.3, 0.4) is 0 Å². The van der Waals surface area contributed by atoms with Crippen molar-refractivity contribution < 1.29 is 9.18 Å². The molecule has 0 fully saturated rings. The van der Waals surface area contributed by atoms with E-state index in [0.717, 1.165) is 0 Å². The quantitative estimate of drug-likeness (QED) is 0.868. The highest BCUT2D eigenvalue weighted by Gasteiger charge is 2.10. The molecule has 0 bridgehead atoms. The predicted octanol–water partition coefficient (Wildman–Crippen LogP) is 1.91. The minimum atomic E-state index is -0.504. The molecular weight excluding hydrogens is 235 g/mol. The van der Waals surface area contributed by atoms with Crippen molar-refractivity contribution in [1.82, 2.24) is 9.97 Å². The van der Waals surface area contributed by atoms with Gasteiger partial charge >= 0.3 is 0 Å². The molecule has 2 aromatic rings. The monoisotopic (exact) mass is 246 g/mol. The molecule has 18 heavy (non-hydrogen) atoms. The van der Waals surface area contributed by atoms with Crippen LogP contribution >= 0.6 is 0 Å². The summed E-state index contributed by atoms with van der Waals surface area (Å²) >= 11 is 0. The molecule has 0 spiro atoms. The molecule has 0 aliphatic heterocycles. The lowest BCUT2D eigenvalue weighted by Gasteiger charge is -2.05. The van der Waals surface area contributed by atoms with E-state index in [1.54, 1.807) is 19.2 Å². The van der Waals surface area contributed by atoms with Crippen molar-refractivity contribution in [2.45, 2.75) is 0 Å².